The minimum absolute atomic E-state index is 0.422. The average Bonchev–Trinajstić information content (AvgIpc) is 2.47. The van der Waals surface area contributed by atoms with Gasteiger partial charge in [0, 0.05) is 5.56 Å². The van der Waals surface area contributed by atoms with Crippen LogP contribution in [0, 0.1) is 0 Å². The van der Waals surface area contributed by atoms with Crippen molar-refractivity contribution >= 4 is 27.6 Å². The molecule has 92 valence electrons. The third kappa shape index (κ3) is 2.38. The van der Waals surface area contributed by atoms with Crippen molar-refractivity contribution in [3.05, 3.63) is 72.3 Å². The fraction of sp³-hybridized carbons (Fsp3) is 0. The highest BCUT2D eigenvalue weighted by atomic mass is 35.5. The van der Waals surface area contributed by atoms with Gasteiger partial charge in [-0.1, -0.05) is 48.5 Å². The van der Waals surface area contributed by atoms with E-state index in [1.807, 2.05) is 36.4 Å². The van der Waals surface area contributed by atoms with Crippen molar-refractivity contribution in [1.29, 1.82) is 0 Å². The zero-order valence-electron chi connectivity index (χ0n) is 10.1. The van der Waals surface area contributed by atoms with Gasteiger partial charge in [-0.3, -0.25) is 4.79 Å². The molecule has 0 radical (unpaired) electrons. The van der Waals surface area contributed by atoms with Crippen LogP contribution in [0.2, 0.25) is 0 Å². The summed E-state index contributed by atoms with van der Waals surface area (Å²) in [6.45, 7) is 0. The molecule has 0 heterocycles. The molecule has 19 heavy (non-hydrogen) atoms. The quantitative estimate of drug-likeness (QED) is 0.604. The molecule has 2 heteroatoms. The Morgan fingerprint density at radius 2 is 1.42 bits per heavy atom. The van der Waals surface area contributed by atoms with Gasteiger partial charge in [0.2, 0.25) is 0 Å². The number of hydrogen-bond donors (Lipinski definition) is 0. The monoisotopic (exact) mass is 266 g/mol. The van der Waals surface area contributed by atoms with Crippen LogP contribution in [-0.2, 0) is 0 Å². The zero-order chi connectivity index (χ0) is 13.2. The van der Waals surface area contributed by atoms with E-state index in [9.17, 15) is 4.79 Å². The van der Waals surface area contributed by atoms with Crippen LogP contribution >= 0.6 is 11.6 Å². The highest BCUT2D eigenvalue weighted by Crippen LogP contribution is 2.25. The van der Waals surface area contributed by atoms with Crippen LogP contribution in [0.25, 0.3) is 21.9 Å². The Balaban J connectivity index is 2.12. The van der Waals surface area contributed by atoms with Crippen LogP contribution in [0.15, 0.2) is 66.7 Å². The predicted molar refractivity (Wildman–Crippen MR) is 79.6 cm³/mol. The van der Waals surface area contributed by atoms with Gasteiger partial charge in [0.25, 0.3) is 5.24 Å². The van der Waals surface area contributed by atoms with Crippen LogP contribution in [0.4, 0.5) is 0 Å². The van der Waals surface area contributed by atoms with E-state index >= 15 is 0 Å². The fourth-order valence-electron chi connectivity index (χ4n) is 2.18. The smallest absolute Gasteiger partial charge is 0.252 e. The van der Waals surface area contributed by atoms with Crippen molar-refractivity contribution in [3.63, 3.8) is 0 Å². The summed E-state index contributed by atoms with van der Waals surface area (Å²) in [6, 6.07) is 21.9. The molecule has 0 saturated carbocycles. The Hall–Kier alpha value is -2.12. The maximum Gasteiger partial charge on any atom is 0.252 e. The third-order valence-electron chi connectivity index (χ3n) is 3.17. The van der Waals surface area contributed by atoms with Gasteiger partial charge in [0.05, 0.1) is 0 Å². The number of fused-ring (bicyclic) bond motifs is 1. The van der Waals surface area contributed by atoms with Gasteiger partial charge in [-0.15, -0.1) is 0 Å². The second-order valence-corrected chi connectivity index (χ2v) is 4.76. The van der Waals surface area contributed by atoms with E-state index in [-0.39, 0.29) is 0 Å². The molecule has 3 aromatic rings. The topological polar surface area (TPSA) is 17.1 Å². The van der Waals surface area contributed by atoms with E-state index in [1.165, 1.54) is 5.56 Å². The van der Waals surface area contributed by atoms with Gasteiger partial charge in [-0.25, -0.2) is 0 Å². The summed E-state index contributed by atoms with van der Waals surface area (Å²) in [7, 11) is 0. The first-order chi connectivity index (χ1) is 9.24. The van der Waals surface area contributed by atoms with Crippen LogP contribution < -0.4 is 0 Å². The van der Waals surface area contributed by atoms with Crippen molar-refractivity contribution in [3.8, 4) is 11.1 Å². The Labute approximate surface area is 116 Å². The lowest BCUT2D eigenvalue weighted by molar-refractivity contribution is 0.108. The first-order valence-corrected chi connectivity index (χ1v) is 6.41. The number of benzene rings is 3. The summed E-state index contributed by atoms with van der Waals surface area (Å²) in [5.74, 6) is 0. The van der Waals surface area contributed by atoms with Crippen molar-refractivity contribution in [2.24, 2.45) is 0 Å². The average molecular weight is 267 g/mol. The van der Waals surface area contributed by atoms with Gasteiger partial charge >= 0.3 is 0 Å². The molecule has 3 aromatic carbocycles. The highest BCUT2D eigenvalue weighted by Gasteiger charge is 2.04. The molecule has 0 aliphatic heterocycles. The van der Waals surface area contributed by atoms with E-state index in [0.29, 0.717) is 5.56 Å². The number of carbonyl (C=O) groups excluding carboxylic acids is 1. The summed E-state index contributed by atoms with van der Waals surface area (Å²) >= 11 is 5.49. The molecule has 0 saturated heterocycles. The van der Waals surface area contributed by atoms with Crippen molar-refractivity contribution in [2.45, 2.75) is 0 Å². The van der Waals surface area contributed by atoms with Crippen molar-refractivity contribution in [2.75, 3.05) is 0 Å². The largest absolute Gasteiger partial charge is 0.276 e. The van der Waals surface area contributed by atoms with Gasteiger partial charge in [0.1, 0.15) is 0 Å². The fourth-order valence-corrected chi connectivity index (χ4v) is 2.30. The molecule has 0 N–H and O–H groups in total. The van der Waals surface area contributed by atoms with Gasteiger partial charge in [-0.2, -0.15) is 0 Å². The lowest BCUT2D eigenvalue weighted by Gasteiger charge is -2.05. The summed E-state index contributed by atoms with van der Waals surface area (Å²) in [6.07, 6.45) is 0. The maximum absolute atomic E-state index is 11.1. The minimum Gasteiger partial charge on any atom is -0.276 e. The first kappa shape index (κ1) is 11.9. The van der Waals surface area contributed by atoms with E-state index < -0.39 is 5.24 Å². The molecular formula is C17H11ClO. The van der Waals surface area contributed by atoms with Gasteiger partial charge in [-0.05, 0) is 51.7 Å². The van der Waals surface area contributed by atoms with Crippen molar-refractivity contribution < 1.29 is 4.79 Å². The molecule has 0 aromatic heterocycles. The molecule has 0 fully saturated rings. The molecule has 0 amide bonds. The normalized spacial score (nSPS) is 10.6. The van der Waals surface area contributed by atoms with Crippen LogP contribution in [0.5, 0.6) is 0 Å². The van der Waals surface area contributed by atoms with E-state index in [4.69, 9.17) is 11.6 Å². The third-order valence-corrected chi connectivity index (χ3v) is 3.39. The summed E-state index contributed by atoms with van der Waals surface area (Å²) in [5, 5.41) is 1.70. The molecule has 0 aliphatic carbocycles. The number of hydrogen-bond acceptors (Lipinski definition) is 1. The number of halogens is 1. The van der Waals surface area contributed by atoms with Gasteiger partial charge < -0.3 is 0 Å². The molecule has 0 spiro atoms. The highest BCUT2D eigenvalue weighted by molar-refractivity contribution is 6.67. The molecule has 0 aliphatic rings. The summed E-state index contributed by atoms with van der Waals surface area (Å²) < 4.78 is 0. The van der Waals surface area contributed by atoms with Crippen LogP contribution in [-0.4, -0.2) is 5.24 Å². The Kier molecular flexibility index (Phi) is 3.06. The van der Waals surface area contributed by atoms with Gasteiger partial charge in [0.15, 0.2) is 0 Å². The second-order valence-electron chi connectivity index (χ2n) is 4.42. The number of rotatable bonds is 2. The Morgan fingerprint density at radius 1 is 0.737 bits per heavy atom. The van der Waals surface area contributed by atoms with E-state index in [1.54, 1.807) is 6.07 Å². The predicted octanol–water partition coefficient (Wildman–Crippen LogP) is 4.89. The van der Waals surface area contributed by atoms with Crippen LogP contribution in [0.3, 0.4) is 0 Å². The lowest BCUT2D eigenvalue weighted by Crippen LogP contribution is -1.88. The molecular weight excluding hydrogens is 256 g/mol. The summed E-state index contributed by atoms with van der Waals surface area (Å²) in [5.41, 5.74) is 2.88. The Bertz CT molecular complexity index is 748. The van der Waals surface area contributed by atoms with Crippen LogP contribution in [0.1, 0.15) is 10.4 Å². The van der Waals surface area contributed by atoms with E-state index in [0.717, 1.165) is 16.3 Å². The van der Waals surface area contributed by atoms with E-state index in [2.05, 4.69) is 24.3 Å². The Morgan fingerprint density at radius 3 is 2.16 bits per heavy atom. The SMILES string of the molecule is O=C(Cl)c1ccc2cc(-c3ccccc3)ccc2c1. The second kappa shape index (κ2) is 4.87. The molecule has 3 rings (SSSR count). The molecule has 0 unspecified atom stereocenters. The first-order valence-electron chi connectivity index (χ1n) is 6.03. The molecule has 1 nitrogen and oxygen atoms in total. The number of carbonyl (C=O) groups is 1. The molecule has 0 bridgehead atoms. The lowest BCUT2D eigenvalue weighted by atomic mass is 10.0. The standard InChI is InChI=1S/C17H11ClO/c18-17(19)16-9-8-14-10-13(6-7-15(14)11-16)12-4-2-1-3-5-12/h1-11H. The van der Waals surface area contributed by atoms with Crippen molar-refractivity contribution in [1.82, 2.24) is 0 Å². The molecule has 0 atom stereocenters. The minimum atomic E-state index is -0.422. The maximum atomic E-state index is 11.1. The zero-order valence-corrected chi connectivity index (χ0v) is 10.9. The summed E-state index contributed by atoms with van der Waals surface area (Å²) in [4.78, 5) is 11.1.